The highest BCUT2D eigenvalue weighted by Gasteiger charge is 2.24. The number of hydrogen-bond donors (Lipinski definition) is 1. The Labute approximate surface area is 128 Å². The number of carbonyl (C=O) groups is 1. The SMILES string of the molecule is CN1C(=O)Cc2cc(C(O)Cc3cccc(Cl)c3)ccc21. The van der Waals surface area contributed by atoms with Crippen LogP contribution in [-0.2, 0) is 17.6 Å². The van der Waals surface area contributed by atoms with Gasteiger partial charge in [0.2, 0.25) is 5.91 Å². The highest BCUT2D eigenvalue weighted by molar-refractivity contribution is 6.30. The van der Waals surface area contributed by atoms with Crippen molar-refractivity contribution in [3.05, 3.63) is 64.2 Å². The maximum atomic E-state index is 11.7. The first-order valence-electron chi connectivity index (χ1n) is 6.86. The number of rotatable bonds is 3. The van der Waals surface area contributed by atoms with E-state index in [1.54, 1.807) is 11.9 Å². The summed E-state index contributed by atoms with van der Waals surface area (Å²) in [6.07, 6.45) is 0.307. The summed E-state index contributed by atoms with van der Waals surface area (Å²) < 4.78 is 0. The molecule has 3 rings (SSSR count). The fourth-order valence-corrected chi connectivity index (χ4v) is 2.92. The summed E-state index contributed by atoms with van der Waals surface area (Å²) in [6.45, 7) is 0. The van der Waals surface area contributed by atoms with Crippen LogP contribution in [0.5, 0.6) is 0 Å². The molecule has 108 valence electrons. The molecule has 0 saturated heterocycles. The quantitative estimate of drug-likeness (QED) is 0.946. The van der Waals surface area contributed by atoms with Crippen molar-refractivity contribution < 1.29 is 9.90 Å². The molecule has 1 aliphatic rings. The zero-order valence-electron chi connectivity index (χ0n) is 11.7. The van der Waals surface area contributed by atoms with E-state index in [0.717, 1.165) is 22.4 Å². The Kier molecular flexibility index (Phi) is 3.70. The first kappa shape index (κ1) is 14.1. The topological polar surface area (TPSA) is 40.5 Å². The maximum Gasteiger partial charge on any atom is 0.231 e. The highest BCUT2D eigenvalue weighted by atomic mass is 35.5. The molecule has 1 atom stereocenters. The van der Waals surface area contributed by atoms with E-state index in [2.05, 4.69) is 0 Å². The molecule has 4 heteroatoms. The van der Waals surface area contributed by atoms with Gasteiger partial charge in [-0.05, 0) is 34.9 Å². The number of hydrogen-bond acceptors (Lipinski definition) is 2. The fraction of sp³-hybridized carbons (Fsp3) is 0.235. The summed E-state index contributed by atoms with van der Waals surface area (Å²) in [6, 6.07) is 13.2. The first-order chi connectivity index (χ1) is 10.0. The van der Waals surface area contributed by atoms with E-state index >= 15 is 0 Å². The van der Waals surface area contributed by atoms with Crippen LogP contribution >= 0.6 is 11.6 Å². The van der Waals surface area contributed by atoms with Gasteiger partial charge in [-0.15, -0.1) is 0 Å². The number of nitrogens with zero attached hydrogens (tertiary/aromatic N) is 1. The summed E-state index contributed by atoms with van der Waals surface area (Å²) in [5.74, 6) is 0.0893. The molecule has 3 nitrogen and oxygen atoms in total. The number of aliphatic hydroxyl groups excluding tert-OH is 1. The second kappa shape index (κ2) is 5.51. The number of anilines is 1. The van der Waals surface area contributed by atoms with Crippen LogP contribution < -0.4 is 4.90 Å². The van der Waals surface area contributed by atoms with Gasteiger partial charge in [0.15, 0.2) is 0 Å². The minimum absolute atomic E-state index is 0.0893. The molecule has 0 aromatic heterocycles. The maximum absolute atomic E-state index is 11.7. The average molecular weight is 302 g/mol. The molecule has 2 aromatic rings. The van der Waals surface area contributed by atoms with Crippen molar-refractivity contribution in [2.45, 2.75) is 18.9 Å². The number of aliphatic hydroxyl groups is 1. The van der Waals surface area contributed by atoms with Crippen molar-refractivity contribution in [2.75, 3.05) is 11.9 Å². The van der Waals surface area contributed by atoms with Crippen LogP contribution in [0, 0.1) is 0 Å². The smallest absolute Gasteiger partial charge is 0.231 e. The van der Waals surface area contributed by atoms with Gasteiger partial charge in [-0.2, -0.15) is 0 Å². The van der Waals surface area contributed by atoms with E-state index in [-0.39, 0.29) is 5.91 Å². The van der Waals surface area contributed by atoms with Crippen molar-refractivity contribution in [2.24, 2.45) is 0 Å². The van der Waals surface area contributed by atoms with Gasteiger partial charge in [0.1, 0.15) is 0 Å². The number of fused-ring (bicyclic) bond motifs is 1. The largest absolute Gasteiger partial charge is 0.388 e. The summed E-state index contributed by atoms with van der Waals surface area (Å²) in [5.41, 5.74) is 3.73. The molecule has 1 unspecified atom stereocenters. The lowest BCUT2D eigenvalue weighted by Crippen LogP contribution is -2.20. The molecule has 0 fully saturated rings. The van der Waals surface area contributed by atoms with E-state index in [1.807, 2.05) is 42.5 Å². The Morgan fingerprint density at radius 1 is 1.29 bits per heavy atom. The fourth-order valence-electron chi connectivity index (χ4n) is 2.70. The predicted octanol–water partition coefficient (Wildman–Crippen LogP) is 3.14. The van der Waals surface area contributed by atoms with Gasteiger partial charge in [0.25, 0.3) is 0 Å². The van der Waals surface area contributed by atoms with Crippen LogP contribution in [0.3, 0.4) is 0 Å². The molecule has 0 spiro atoms. The van der Waals surface area contributed by atoms with Gasteiger partial charge in [-0.1, -0.05) is 35.9 Å². The van der Waals surface area contributed by atoms with Gasteiger partial charge < -0.3 is 10.0 Å². The molecule has 0 radical (unpaired) electrons. The average Bonchev–Trinajstić information content (AvgIpc) is 2.73. The third-order valence-corrected chi connectivity index (χ3v) is 4.12. The monoisotopic (exact) mass is 301 g/mol. The molecule has 0 aliphatic carbocycles. The molecule has 1 heterocycles. The number of likely N-dealkylation sites (N-methyl/N-ethyl adjacent to an activating group) is 1. The zero-order valence-corrected chi connectivity index (χ0v) is 12.5. The van der Waals surface area contributed by atoms with Gasteiger partial charge >= 0.3 is 0 Å². The molecule has 1 aliphatic heterocycles. The second-order valence-corrected chi connectivity index (χ2v) is 5.80. The molecule has 2 aromatic carbocycles. The summed E-state index contributed by atoms with van der Waals surface area (Å²) in [5, 5.41) is 11.1. The van der Waals surface area contributed by atoms with E-state index in [9.17, 15) is 9.90 Å². The Bertz CT molecular complexity index is 699. The summed E-state index contributed by atoms with van der Waals surface area (Å²) >= 11 is 5.96. The van der Waals surface area contributed by atoms with Gasteiger partial charge in [0.05, 0.1) is 12.5 Å². The lowest BCUT2D eigenvalue weighted by Gasteiger charge is -2.14. The Morgan fingerprint density at radius 2 is 2.10 bits per heavy atom. The lowest BCUT2D eigenvalue weighted by molar-refractivity contribution is -0.117. The summed E-state index contributed by atoms with van der Waals surface area (Å²) in [7, 11) is 1.77. The molecule has 0 saturated carbocycles. The van der Waals surface area contributed by atoms with Gasteiger partial charge in [-0.3, -0.25) is 4.79 Å². The minimum Gasteiger partial charge on any atom is -0.388 e. The molecule has 1 N–H and O–H groups in total. The molecule has 0 bridgehead atoms. The van der Waals surface area contributed by atoms with Crippen LogP contribution in [-0.4, -0.2) is 18.1 Å². The normalized spacial score (nSPS) is 15.2. The van der Waals surface area contributed by atoms with Crippen LogP contribution in [0.2, 0.25) is 5.02 Å². The van der Waals surface area contributed by atoms with Crippen LogP contribution in [0.1, 0.15) is 22.8 Å². The van der Waals surface area contributed by atoms with Crippen molar-refractivity contribution in [3.63, 3.8) is 0 Å². The van der Waals surface area contributed by atoms with Crippen LogP contribution in [0.25, 0.3) is 0 Å². The number of halogens is 1. The van der Waals surface area contributed by atoms with E-state index in [1.165, 1.54) is 0 Å². The van der Waals surface area contributed by atoms with Crippen LogP contribution in [0.4, 0.5) is 5.69 Å². The van der Waals surface area contributed by atoms with Crippen LogP contribution in [0.15, 0.2) is 42.5 Å². The Balaban J connectivity index is 1.81. The van der Waals surface area contributed by atoms with Crippen molar-refractivity contribution in [3.8, 4) is 0 Å². The lowest BCUT2D eigenvalue weighted by atomic mass is 9.99. The van der Waals surface area contributed by atoms with Gasteiger partial charge in [0, 0.05) is 24.2 Å². The van der Waals surface area contributed by atoms with Crippen molar-refractivity contribution >= 4 is 23.2 Å². The highest BCUT2D eigenvalue weighted by Crippen LogP contribution is 2.31. The van der Waals surface area contributed by atoms with Crippen molar-refractivity contribution in [1.82, 2.24) is 0 Å². The van der Waals surface area contributed by atoms with Crippen molar-refractivity contribution in [1.29, 1.82) is 0 Å². The van der Waals surface area contributed by atoms with E-state index in [4.69, 9.17) is 11.6 Å². The zero-order chi connectivity index (χ0) is 15.0. The minimum atomic E-state index is -0.602. The number of amides is 1. The third kappa shape index (κ3) is 2.80. The first-order valence-corrected chi connectivity index (χ1v) is 7.24. The molecular weight excluding hydrogens is 286 g/mol. The summed E-state index contributed by atoms with van der Waals surface area (Å²) in [4.78, 5) is 13.3. The Morgan fingerprint density at radius 3 is 2.86 bits per heavy atom. The second-order valence-electron chi connectivity index (χ2n) is 5.37. The predicted molar refractivity (Wildman–Crippen MR) is 83.7 cm³/mol. The molecule has 21 heavy (non-hydrogen) atoms. The van der Waals surface area contributed by atoms with Gasteiger partial charge in [-0.25, -0.2) is 0 Å². The number of benzene rings is 2. The number of carbonyl (C=O) groups excluding carboxylic acids is 1. The Hall–Kier alpha value is -1.84. The van der Waals surface area contributed by atoms with E-state index < -0.39 is 6.10 Å². The van der Waals surface area contributed by atoms with E-state index in [0.29, 0.717) is 17.9 Å². The standard InChI is InChI=1S/C17H16ClNO2/c1-19-15-6-5-12(9-13(15)10-17(19)21)16(20)8-11-3-2-4-14(18)7-11/h2-7,9,16,20H,8,10H2,1H3. The third-order valence-electron chi connectivity index (χ3n) is 3.88. The molecular formula is C17H16ClNO2. The molecule has 1 amide bonds.